The van der Waals surface area contributed by atoms with Gasteiger partial charge in [-0.15, -0.1) is 0 Å². The van der Waals surface area contributed by atoms with E-state index < -0.39 is 24.0 Å². The summed E-state index contributed by atoms with van der Waals surface area (Å²) in [5.41, 5.74) is 5.97. The first-order valence-corrected chi connectivity index (χ1v) is 4.84. The van der Waals surface area contributed by atoms with Crippen LogP contribution in [0.5, 0.6) is 0 Å². The second kappa shape index (κ2) is 5.89. The maximum absolute atomic E-state index is 13.3. The lowest BCUT2D eigenvalue weighted by Crippen LogP contribution is -2.39. The molecule has 0 aliphatic carbocycles. The van der Waals surface area contributed by atoms with Gasteiger partial charge in [-0.3, -0.25) is 0 Å². The Labute approximate surface area is 93.2 Å². The molecule has 0 aromatic heterocycles. The van der Waals surface area contributed by atoms with Gasteiger partial charge in [0.15, 0.2) is 17.9 Å². The van der Waals surface area contributed by atoms with Gasteiger partial charge < -0.3 is 15.2 Å². The molecule has 0 heterocycles. The van der Waals surface area contributed by atoms with Crippen molar-refractivity contribution in [1.82, 2.24) is 0 Å². The number of nitrogens with two attached hydrogens (primary N) is 1. The Bertz CT molecular complexity index is 343. The standard InChI is InChI=1S/C11H15F2NO2/c1-15-11(16-2)9(14)6-7-4-3-5-8(12)10(7)13/h3-5,9,11H,6,14H2,1-2H3. The highest BCUT2D eigenvalue weighted by Crippen LogP contribution is 2.14. The smallest absolute Gasteiger partial charge is 0.172 e. The van der Waals surface area contributed by atoms with E-state index in [1.54, 1.807) is 0 Å². The fraction of sp³-hybridized carbons (Fsp3) is 0.455. The van der Waals surface area contributed by atoms with E-state index in [4.69, 9.17) is 15.2 Å². The van der Waals surface area contributed by atoms with Crippen molar-refractivity contribution in [3.63, 3.8) is 0 Å². The number of methoxy groups -OCH3 is 2. The maximum atomic E-state index is 13.3. The molecule has 0 saturated carbocycles. The average molecular weight is 231 g/mol. The highest BCUT2D eigenvalue weighted by molar-refractivity contribution is 5.20. The van der Waals surface area contributed by atoms with Crippen LogP contribution in [0.1, 0.15) is 5.56 Å². The largest absolute Gasteiger partial charge is 0.354 e. The molecule has 0 aliphatic rings. The minimum absolute atomic E-state index is 0.149. The third-order valence-electron chi connectivity index (χ3n) is 2.30. The van der Waals surface area contributed by atoms with Gasteiger partial charge in [-0.05, 0) is 18.1 Å². The van der Waals surface area contributed by atoms with E-state index in [1.807, 2.05) is 0 Å². The molecule has 16 heavy (non-hydrogen) atoms. The lowest BCUT2D eigenvalue weighted by Gasteiger charge is -2.21. The van der Waals surface area contributed by atoms with E-state index in [1.165, 1.54) is 26.4 Å². The molecule has 0 fully saturated rings. The van der Waals surface area contributed by atoms with Gasteiger partial charge in [-0.1, -0.05) is 12.1 Å². The van der Waals surface area contributed by atoms with Crippen LogP contribution in [0, 0.1) is 11.6 Å². The summed E-state index contributed by atoms with van der Waals surface area (Å²) in [6, 6.07) is 3.44. The lowest BCUT2D eigenvalue weighted by molar-refractivity contribution is -0.116. The highest BCUT2D eigenvalue weighted by Gasteiger charge is 2.19. The molecule has 90 valence electrons. The normalized spacial score (nSPS) is 13.1. The van der Waals surface area contributed by atoms with Gasteiger partial charge in [0, 0.05) is 14.2 Å². The van der Waals surface area contributed by atoms with E-state index in [0.29, 0.717) is 0 Å². The molecule has 2 N–H and O–H groups in total. The molecule has 0 radical (unpaired) electrons. The SMILES string of the molecule is COC(OC)C(N)Cc1cccc(F)c1F. The molecule has 0 aliphatic heterocycles. The quantitative estimate of drug-likeness (QED) is 0.780. The van der Waals surface area contributed by atoms with Gasteiger partial charge >= 0.3 is 0 Å². The summed E-state index contributed by atoms with van der Waals surface area (Å²) in [6.45, 7) is 0. The molecule has 5 heteroatoms. The second-order valence-electron chi connectivity index (χ2n) is 3.42. The number of rotatable bonds is 5. The van der Waals surface area contributed by atoms with Crippen LogP contribution < -0.4 is 5.73 Å². The van der Waals surface area contributed by atoms with Gasteiger partial charge in [0.2, 0.25) is 0 Å². The van der Waals surface area contributed by atoms with Crippen molar-refractivity contribution in [1.29, 1.82) is 0 Å². The summed E-state index contributed by atoms with van der Waals surface area (Å²) in [5.74, 6) is -1.75. The molecule has 3 nitrogen and oxygen atoms in total. The Morgan fingerprint density at radius 1 is 1.25 bits per heavy atom. The van der Waals surface area contributed by atoms with Crippen LogP contribution in [0.15, 0.2) is 18.2 Å². The van der Waals surface area contributed by atoms with Crippen molar-refractivity contribution < 1.29 is 18.3 Å². The van der Waals surface area contributed by atoms with Crippen molar-refractivity contribution in [2.75, 3.05) is 14.2 Å². The molecule has 0 saturated heterocycles. The van der Waals surface area contributed by atoms with E-state index in [2.05, 4.69) is 0 Å². The number of hydrogen-bond donors (Lipinski definition) is 1. The molecule has 0 spiro atoms. The van der Waals surface area contributed by atoms with Crippen LogP contribution in [-0.4, -0.2) is 26.6 Å². The summed E-state index contributed by atoms with van der Waals surface area (Å²) in [6.07, 6.45) is -0.488. The Kier molecular flexibility index (Phi) is 4.79. The Hall–Kier alpha value is -1.04. The van der Waals surface area contributed by atoms with Gasteiger partial charge in [-0.25, -0.2) is 8.78 Å². The molecule has 1 atom stereocenters. The Balaban J connectivity index is 2.76. The topological polar surface area (TPSA) is 44.5 Å². The molecule has 1 unspecified atom stereocenters. The van der Waals surface area contributed by atoms with Crippen molar-refractivity contribution in [2.45, 2.75) is 18.8 Å². The Morgan fingerprint density at radius 3 is 2.44 bits per heavy atom. The highest BCUT2D eigenvalue weighted by atomic mass is 19.2. The van der Waals surface area contributed by atoms with Crippen molar-refractivity contribution in [2.24, 2.45) is 5.73 Å². The predicted octanol–water partition coefficient (Wildman–Crippen LogP) is 1.45. The summed E-state index contributed by atoms with van der Waals surface area (Å²) in [5, 5.41) is 0. The van der Waals surface area contributed by atoms with Crippen LogP contribution >= 0.6 is 0 Å². The number of ether oxygens (including phenoxy) is 2. The molecule has 1 aromatic carbocycles. The van der Waals surface area contributed by atoms with Gasteiger partial charge in [-0.2, -0.15) is 0 Å². The zero-order valence-electron chi connectivity index (χ0n) is 9.24. The van der Waals surface area contributed by atoms with Gasteiger partial charge in [0.1, 0.15) is 0 Å². The first-order chi connectivity index (χ1) is 7.60. The van der Waals surface area contributed by atoms with E-state index in [-0.39, 0.29) is 12.0 Å². The van der Waals surface area contributed by atoms with Crippen molar-refractivity contribution >= 4 is 0 Å². The fourth-order valence-corrected chi connectivity index (χ4v) is 1.50. The second-order valence-corrected chi connectivity index (χ2v) is 3.42. The van der Waals surface area contributed by atoms with Gasteiger partial charge in [0.05, 0.1) is 6.04 Å². The van der Waals surface area contributed by atoms with Crippen LogP contribution in [-0.2, 0) is 15.9 Å². The minimum atomic E-state index is -0.879. The van der Waals surface area contributed by atoms with Crippen LogP contribution in [0.2, 0.25) is 0 Å². The average Bonchev–Trinajstić information content (AvgIpc) is 2.26. The third-order valence-corrected chi connectivity index (χ3v) is 2.30. The van der Waals surface area contributed by atoms with Crippen LogP contribution in [0.25, 0.3) is 0 Å². The first kappa shape index (κ1) is 13.0. The molecule has 1 rings (SSSR count). The third kappa shape index (κ3) is 2.98. The molecule has 0 bridgehead atoms. The van der Waals surface area contributed by atoms with E-state index >= 15 is 0 Å². The summed E-state index contributed by atoms with van der Waals surface area (Å²) in [7, 11) is 2.88. The van der Waals surface area contributed by atoms with Gasteiger partial charge in [0.25, 0.3) is 0 Å². The molecular weight excluding hydrogens is 216 g/mol. The number of hydrogen-bond acceptors (Lipinski definition) is 3. The summed E-state index contributed by atoms with van der Waals surface area (Å²) < 4.78 is 36.1. The minimum Gasteiger partial charge on any atom is -0.354 e. The predicted molar refractivity (Wildman–Crippen MR) is 55.8 cm³/mol. The van der Waals surface area contributed by atoms with E-state index in [9.17, 15) is 8.78 Å². The number of halogens is 2. The zero-order valence-corrected chi connectivity index (χ0v) is 9.24. The van der Waals surface area contributed by atoms with Crippen LogP contribution in [0.4, 0.5) is 8.78 Å². The summed E-state index contributed by atoms with van der Waals surface area (Å²) in [4.78, 5) is 0. The lowest BCUT2D eigenvalue weighted by atomic mass is 10.1. The molecule has 1 aromatic rings. The number of benzene rings is 1. The van der Waals surface area contributed by atoms with Crippen LogP contribution in [0.3, 0.4) is 0 Å². The summed E-state index contributed by atoms with van der Waals surface area (Å²) >= 11 is 0. The zero-order chi connectivity index (χ0) is 12.1. The fourth-order valence-electron chi connectivity index (χ4n) is 1.50. The first-order valence-electron chi connectivity index (χ1n) is 4.84. The molecule has 0 amide bonds. The van der Waals surface area contributed by atoms with Crippen molar-refractivity contribution in [3.8, 4) is 0 Å². The molecular formula is C11H15F2NO2. The van der Waals surface area contributed by atoms with E-state index in [0.717, 1.165) is 6.07 Å². The Morgan fingerprint density at radius 2 is 1.88 bits per heavy atom. The monoisotopic (exact) mass is 231 g/mol. The van der Waals surface area contributed by atoms with Crippen molar-refractivity contribution in [3.05, 3.63) is 35.4 Å². The maximum Gasteiger partial charge on any atom is 0.172 e.